The van der Waals surface area contributed by atoms with E-state index in [2.05, 4.69) is 15.6 Å². The number of hydrogen-bond donors (Lipinski definition) is 4. The van der Waals surface area contributed by atoms with Gasteiger partial charge in [-0.05, 0) is 37.6 Å². The number of aryl methyl sites for hydroxylation is 2. The number of benzene rings is 1. The Labute approximate surface area is 162 Å². The van der Waals surface area contributed by atoms with E-state index in [9.17, 15) is 14.4 Å². The van der Waals surface area contributed by atoms with Gasteiger partial charge in [-0.25, -0.2) is 9.69 Å². The number of imide groups is 1. The number of nitrogens with zero attached hydrogens (tertiary/aromatic N) is 1. The van der Waals surface area contributed by atoms with Crippen LogP contribution in [0, 0.1) is 13.8 Å². The predicted molar refractivity (Wildman–Crippen MR) is 108 cm³/mol. The molecule has 4 amide bonds. The third-order valence-corrected chi connectivity index (χ3v) is 4.65. The first kappa shape index (κ1) is 19.4. The lowest BCUT2D eigenvalue weighted by atomic mass is 10.1. The summed E-state index contributed by atoms with van der Waals surface area (Å²) in [5.41, 5.74) is 9.89. The molecule has 1 aliphatic rings. The summed E-state index contributed by atoms with van der Waals surface area (Å²) in [6, 6.07) is 7.39. The molecule has 0 fully saturated rings. The topological polar surface area (TPSA) is 120 Å². The van der Waals surface area contributed by atoms with Crippen LogP contribution in [0.2, 0.25) is 0 Å². The van der Waals surface area contributed by atoms with E-state index >= 15 is 0 Å². The zero-order valence-electron chi connectivity index (χ0n) is 16.0. The van der Waals surface area contributed by atoms with E-state index in [1.807, 2.05) is 19.9 Å². The molecular weight excluding hydrogens is 358 g/mol. The van der Waals surface area contributed by atoms with Crippen LogP contribution in [0.1, 0.15) is 22.5 Å². The number of para-hydroxylation sites is 1. The summed E-state index contributed by atoms with van der Waals surface area (Å²) >= 11 is 0. The molecule has 8 nitrogen and oxygen atoms in total. The lowest BCUT2D eigenvalue weighted by molar-refractivity contribution is -0.122. The number of rotatable bonds is 4. The molecule has 2 heterocycles. The fourth-order valence-electron chi connectivity index (χ4n) is 3.25. The predicted octanol–water partition coefficient (Wildman–Crippen LogP) is 1.30. The minimum atomic E-state index is -0.932. The minimum absolute atomic E-state index is 0.0846. The van der Waals surface area contributed by atoms with E-state index in [1.165, 1.54) is 7.05 Å². The fourth-order valence-corrected chi connectivity index (χ4v) is 3.25. The summed E-state index contributed by atoms with van der Waals surface area (Å²) in [6.07, 6.45) is 1.75. The van der Waals surface area contributed by atoms with Crippen molar-refractivity contribution in [3.63, 3.8) is 0 Å². The van der Waals surface area contributed by atoms with Crippen LogP contribution in [0.4, 0.5) is 10.5 Å². The standard InChI is InChI=1S/C20H23N5O3/c1-11-8-12(2)23-15(11)9-14-13-6-4-5-7-17(13)25(19(14)27)20(28)24-16(10-21)18(26)22-3/h4-9,16,23H,10,21H2,1-3H3,(H,22,26)(H,24,28)/b14-9-. The van der Waals surface area contributed by atoms with Crippen LogP contribution in [0.3, 0.4) is 0 Å². The Bertz CT molecular complexity index is 976. The van der Waals surface area contributed by atoms with E-state index in [0.29, 0.717) is 16.8 Å². The van der Waals surface area contributed by atoms with Gasteiger partial charge in [-0.3, -0.25) is 9.59 Å². The van der Waals surface area contributed by atoms with Gasteiger partial charge < -0.3 is 21.4 Å². The molecule has 0 aliphatic carbocycles. The molecule has 0 saturated carbocycles. The summed E-state index contributed by atoms with van der Waals surface area (Å²) in [5, 5.41) is 4.96. The van der Waals surface area contributed by atoms with Gasteiger partial charge in [-0.2, -0.15) is 0 Å². The van der Waals surface area contributed by atoms with Crippen molar-refractivity contribution in [3.8, 4) is 0 Å². The van der Waals surface area contributed by atoms with Gasteiger partial charge in [0.2, 0.25) is 5.91 Å². The molecule has 8 heteroatoms. The van der Waals surface area contributed by atoms with Crippen LogP contribution in [-0.4, -0.2) is 42.5 Å². The van der Waals surface area contributed by atoms with Gasteiger partial charge in [0.15, 0.2) is 0 Å². The summed E-state index contributed by atoms with van der Waals surface area (Å²) in [4.78, 5) is 42.0. The summed E-state index contributed by atoms with van der Waals surface area (Å²) in [6.45, 7) is 3.80. The highest BCUT2D eigenvalue weighted by molar-refractivity contribution is 6.42. The van der Waals surface area contributed by atoms with Crippen molar-refractivity contribution in [2.45, 2.75) is 19.9 Å². The van der Waals surface area contributed by atoms with Gasteiger partial charge >= 0.3 is 6.03 Å². The molecule has 5 N–H and O–H groups in total. The van der Waals surface area contributed by atoms with Crippen LogP contribution in [0.5, 0.6) is 0 Å². The third-order valence-electron chi connectivity index (χ3n) is 4.65. The largest absolute Gasteiger partial charge is 0.359 e. The van der Waals surface area contributed by atoms with Crippen LogP contribution < -0.4 is 21.3 Å². The zero-order valence-corrected chi connectivity index (χ0v) is 16.0. The number of aromatic amines is 1. The number of carbonyl (C=O) groups is 3. The highest BCUT2D eigenvalue weighted by Gasteiger charge is 2.37. The normalized spacial score (nSPS) is 15.5. The maximum Gasteiger partial charge on any atom is 0.329 e. The average Bonchev–Trinajstić information content (AvgIpc) is 3.15. The molecule has 3 rings (SSSR count). The van der Waals surface area contributed by atoms with Gasteiger partial charge in [-0.15, -0.1) is 0 Å². The van der Waals surface area contributed by atoms with Crippen LogP contribution in [0.15, 0.2) is 30.3 Å². The average molecular weight is 381 g/mol. The molecule has 0 saturated heterocycles. The van der Waals surface area contributed by atoms with Crippen molar-refractivity contribution in [1.82, 2.24) is 15.6 Å². The smallest absolute Gasteiger partial charge is 0.329 e. The summed E-state index contributed by atoms with van der Waals surface area (Å²) in [5.74, 6) is -0.887. The zero-order chi connectivity index (χ0) is 20.4. The quantitative estimate of drug-likeness (QED) is 0.597. The Morgan fingerprint density at radius 2 is 2.00 bits per heavy atom. The third kappa shape index (κ3) is 3.41. The van der Waals surface area contributed by atoms with Gasteiger partial charge in [0.05, 0.1) is 11.3 Å². The first-order valence-electron chi connectivity index (χ1n) is 8.91. The van der Waals surface area contributed by atoms with Gasteiger partial charge in [0, 0.05) is 30.5 Å². The van der Waals surface area contributed by atoms with E-state index < -0.39 is 23.9 Å². The van der Waals surface area contributed by atoms with E-state index in [-0.39, 0.29) is 6.54 Å². The minimum Gasteiger partial charge on any atom is -0.359 e. The number of hydrogen-bond acceptors (Lipinski definition) is 4. The summed E-state index contributed by atoms with van der Waals surface area (Å²) in [7, 11) is 1.45. The Morgan fingerprint density at radius 1 is 1.29 bits per heavy atom. The molecule has 1 unspecified atom stereocenters. The second-order valence-corrected chi connectivity index (χ2v) is 6.62. The molecule has 1 aliphatic heterocycles. The Kier molecular flexibility index (Phi) is 5.32. The number of carbonyl (C=O) groups excluding carboxylic acids is 3. The molecule has 146 valence electrons. The van der Waals surface area contributed by atoms with E-state index in [0.717, 1.165) is 21.9 Å². The van der Waals surface area contributed by atoms with Crippen molar-refractivity contribution < 1.29 is 14.4 Å². The SMILES string of the molecule is CNC(=O)C(CN)NC(=O)N1C(=O)/C(=C\c2[nH]c(C)cc2C)c2ccccc21. The van der Waals surface area contributed by atoms with Crippen molar-refractivity contribution in [3.05, 3.63) is 52.8 Å². The maximum absolute atomic E-state index is 13.1. The number of H-pyrrole nitrogens is 1. The van der Waals surface area contributed by atoms with Gasteiger partial charge in [0.1, 0.15) is 6.04 Å². The Hall–Kier alpha value is -3.39. The number of urea groups is 1. The monoisotopic (exact) mass is 381 g/mol. The summed E-state index contributed by atoms with van der Waals surface area (Å²) < 4.78 is 0. The van der Waals surface area contributed by atoms with Crippen molar-refractivity contribution in [2.24, 2.45) is 5.73 Å². The molecule has 1 aromatic heterocycles. The number of amides is 4. The number of nitrogens with one attached hydrogen (secondary N) is 3. The van der Waals surface area contributed by atoms with E-state index in [4.69, 9.17) is 5.73 Å². The molecule has 28 heavy (non-hydrogen) atoms. The Balaban J connectivity index is 1.98. The number of anilines is 1. The molecule has 1 atom stereocenters. The highest BCUT2D eigenvalue weighted by Crippen LogP contribution is 2.37. The molecule has 0 spiro atoms. The number of likely N-dealkylation sites (N-methyl/N-ethyl adjacent to an activating group) is 1. The first-order chi connectivity index (χ1) is 13.4. The molecule has 0 radical (unpaired) electrons. The van der Waals surface area contributed by atoms with Gasteiger partial charge in [-0.1, -0.05) is 18.2 Å². The fraction of sp³-hybridized carbons (Fsp3) is 0.250. The molecular formula is C20H23N5O3. The second kappa shape index (κ2) is 7.69. The lowest BCUT2D eigenvalue weighted by Gasteiger charge is -2.20. The van der Waals surface area contributed by atoms with Gasteiger partial charge in [0.25, 0.3) is 5.91 Å². The van der Waals surface area contributed by atoms with Crippen molar-refractivity contribution in [2.75, 3.05) is 18.5 Å². The molecule has 2 aromatic rings. The molecule has 0 bridgehead atoms. The second-order valence-electron chi connectivity index (χ2n) is 6.62. The molecule has 1 aromatic carbocycles. The maximum atomic E-state index is 13.1. The van der Waals surface area contributed by atoms with Crippen LogP contribution in [0.25, 0.3) is 11.6 Å². The van der Waals surface area contributed by atoms with E-state index in [1.54, 1.807) is 30.3 Å². The van der Waals surface area contributed by atoms with Crippen LogP contribution >= 0.6 is 0 Å². The number of aromatic nitrogens is 1. The first-order valence-corrected chi connectivity index (χ1v) is 8.91. The number of nitrogens with two attached hydrogens (primary N) is 1. The number of fused-ring (bicyclic) bond motifs is 1. The highest BCUT2D eigenvalue weighted by atomic mass is 16.2. The lowest BCUT2D eigenvalue weighted by Crippen LogP contribution is -2.54. The Morgan fingerprint density at radius 3 is 2.61 bits per heavy atom. The van der Waals surface area contributed by atoms with Crippen molar-refractivity contribution in [1.29, 1.82) is 0 Å². The van der Waals surface area contributed by atoms with Crippen molar-refractivity contribution >= 4 is 35.2 Å². The van der Waals surface area contributed by atoms with Crippen LogP contribution in [-0.2, 0) is 9.59 Å².